The van der Waals surface area contributed by atoms with Gasteiger partial charge in [0.15, 0.2) is 0 Å². The number of amides is 1. The normalized spacial score (nSPS) is 10.9. The number of thioether (sulfide) groups is 1. The van der Waals surface area contributed by atoms with Gasteiger partial charge in [-0.2, -0.15) is 8.78 Å². The van der Waals surface area contributed by atoms with Gasteiger partial charge >= 0.3 is 6.61 Å². The number of benzene rings is 2. The number of carbonyl (C=O) groups is 1. The molecule has 10 heteroatoms. The Hall–Kier alpha value is -2.65. The number of hydrogen-bond acceptors (Lipinski definition) is 6. The van der Waals surface area contributed by atoms with Gasteiger partial charge in [0.05, 0.1) is 16.3 Å². The maximum atomic E-state index is 12.3. The molecule has 3 aromatic rings. The smallest absolute Gasteiger partial charge is 0.387 e. The van der Waals surface area contributed by atoms with Crippen LogP contribution < -0.4 is 4.74 Å². The summed E-state index contributed by atoms with van der Waals surface area (Å²) in [7, 11) is 1.65. The summed E-state index contributed by atoms with van der Waals surface area (Å²) >= 11 is 7.23. The van der Waals surface area contributed by atoms with Gasteiger partial charge < -0.3 is 14.1 Å². The summed E-state index contributed by atoms with van der Waals surface area (Å²) in [6, 6.07) is 13.2. The molecule has 0 atom stereocenters. The van der Waals surface area contributed by atoms with Gasteiger partial charge in [0.25, 0.3) is 5.22 Å². The molecular formula is C19H16ClF2N3O3S. The number of carbonyl (C=O) groups excluding carboxylic acids is 1. The second-order valence-corrected chi connectivity index (χ2v) is 7.25. The van der Waals surface area contributed by atoms with E-state index in [0.717, 1.165) is 17.3 Å². The molecule has 1 heterocycles. The zero-order chi connectivity index (χ0) is 20.8. The van der Waals surface area contributed by atoms with Crippen molar-refractivity contribution in [1.29, 1.82) is 0 Å². The highest BCUT2D eigenvalue weighted by atomic mass is 35.5. The van der Waals surface area contributed by atoms with E-state index in [2.05, 4.69) is 14.9 Å². The minimum Gasteiger partial charge on any atom is -0.435 e. The molecule has 1 aromatic heterocycles. The number of aromatic nitrogens is 2. The van der Waals surface area contributed by atoms with Crippen LogP contribution in [0.5, 0.6) is 5.75 Å². The lowest BCUT2D eigenvalue weighted by Crippen LogP contribution is -2.27. The van der Waals surface area contributed by atoms with Crippen molar-refractivity contribution in [2.75, 3.05) is 12.8 Å². The van der Waals surface area contributed by atoms with Gasteiger partial charge in [0, 0.05) is 13.6 Å². The fourth-order valence-electron chi connectivity index (χ4n) is 2.38. The Kier molecular flexibility index (Phi) is 7.05. The standard InChI is InChI=1S/C19H16ClF2N3O3S/c1-25(10-12-6-8-13(9-7-12)27-18(21)22)16(26)11-29-19-24-23-17(28-19)14-4-2-3-5-15(14)20/h2-9,18H,10-11H2,1H3. The first kappa shape index (κ1) is 21.1. The number of nitrogens with zero attached hydrogens (tertiary/aromatic N) is 3. The summed E-state index contributed by atoms with van der Waals surface area (Å²) in [5.74, 6) is 0.303. The van der Waals surface area contributed by atoms with Crippen LogP contribution >= 0.6 is 23.4 Å². The van der Waals surface area contributed by atoms with E-state index in [0.29, 0.717) is 17.1 Å². The molecule has 1 amide bonds. The second-order valence-electron chi connectivity index (χ2n) is 5.91. The maximum Gasteiger partial charge on any atom is 0.387 e. The van der Waals surface area contributed by atoms with Crippen LogP contribution in [0, 0.1) is 0 Å². The number of rotatable bonds is 8. The van der Waals surface area contributed by atoms with Crippen LogP contribution in [0.15, 0.2) is 58.2 Å². The Morgan fingerprint density at radius 3 is 2.62 bits per heavy atom. The van der Waals surface area contributed by atoms with Gasteiger partial charge in [-0.25, -0.2) is 0 Å². The predicted octanol–water partition coefficient (Wildman–Crippen LogP) is 4.74. The SMILES string of the molecule is CN(Cc1ccc(OC(F)F)cc1)C(=O)CSc1nnc(-c2ccccc2Cl)o1. The molecule has 0 radical (unpaired) electrons. The Labute approximate surface area is 174 Å². The highest BCUT2D eigenvalue weighted by molar-refractivity contribution is 7.99. The molecule has 0 unspecified atom stereocenters. The van der Waals surface area contributed by atoms with E-state index in [4.69, 9.17) is 16.0 Å². The van der Waals surface area contributed by atoms with E-state index in [1.807, 2.05) is 6.07 Å². The molecular weight excluding hydrogens is 424 g/mol. The van der Waals surface area contributed by atoms with Gasteiger partial charge in [0.2, 0.25) is 11.8 Å². The van der Waals surface area contributed by atoms with Crippen molar-refractivity contribution >= 4 is 29.3 Å². The van der Waals surface area contributed by atoms with Crippen LogP contribution in [0.1, 0.15) is 5.56 Å². The second kappa shape index (κ2) is 9.71. The molecule has 0 spiro atoms. The van der Waals surface area contributed by atoms with Crippen molar-refractivity contribution in [3.8, 4) is 17.2 Å². The van der Waals surface area contributed by atoms with E-state index < -0.39 is 6.61 Å². The average molecular weight is 440 g/mol. The lowest BCUT2D eigenvalue weighted by atomic mass is 10.2. The fourth-order valence-corrected chi connectivity index (χ4v) is 3.30. The topological polar surface area (TPSA) is 68.5 Å². The molecule has 0 aliphatic rings. The van der Waals surface area contributed by atoms with Gasteiger partial charge in [-0.1, -0.05) is 47.6 Å². The summed E-state index contributed by atoms with van der Waals surface area (Å²) in [6.45, 7) is -2.55. The van der Waals surface area contributed by atoms with Crippen molar-refractivity contribution in [3.63, 3.8) is 0 Å². The van der Waals surface area contributed by atoms with Crippen molar-refractivity contribution in [2.24, 2.45) is 0 Å². The van der Waals surface area contributed by atoms with Gasteiger partial charge in [0.1, 0.15) is 5.75 Å². The van der Waals surface area contributed by atoms with Crippen LogP contribution in [0.25, 0.3) is 11.5 Å². The van der Waals surface area contributed by atoms with E-state index in [-0.39, 0.29) is 28.5 Å². The van der Waals surface area contributed by atoms with Crippen LogP contribution in [0.2, 0.25) is 5.02 Å². The third-order valence-electron chi connectivity index (χ3n) is 3.82. The summed E-state index contributed by atoms with van der Waals surface area (Å²) < 4.78 is 34.2. The van der Waals surface area contributed by atoms with Gasteiger partial charge in [-0.05, 0) is 29.8 Å². The van der Waals surface area contributed by atoms with E-state index in [9.17, 15) is 13.6 Å². The first-order valence-electron chi connectivity index (χ1n) is 8.41. The summed E-state index contributed by atoms with van der Waals surface area (Å²) in [5, 5.41) is 8.63. The van der Waals surface area contributed by atoms with Crippen molar-refractivity contribution in [1.82, 2.24) is 15.1 Å². The van der Waals surface area contributed by atoms with Gasteiger partial charge in [-0.3, -0.25) is 4.79 Å². The lowest BCUT2D eigenvalue weighted by Gasteiger charge is -2.17. The molecule has 0 saturated carbocycles. The van der Waals surface area contributed by atoms with Crippen molar-refractivity contribution in [3.05, 3.63) is 59.1 Å². The van der Waals surface area contributed by atoms with Gasteiger partial charge in [-0.15, -0.1) is 10.2 Å². The third-order valence-corrected chi connectivity index (χ3v) is 4.96. The Balaban J connectivity index is 1.52. The zero-order valence-electron chi connectivity index (χ0n) is 15.2. The molecule has 0 fully saturated rings. The summed E-state index contributed by atoms with van der Waals surface area (Å²) in [4.78, 5) is 13.8. The lowest BCUT2D eigenvalue weighted by molar-refractivity contribution is -0.127. The molecule has 0 aliphatic heterocycles. The molecule has 29 heavy (non-hydrogen) atoms. The van der Waals surface area contributed by atoms with Crippen LogP contribution in [-0.2, 0) is 11.3 Å². The predicted molar refractivity (Wildman–Crippen MR) is 105 cm³/mol. The highest BCUT2D eigenvalue weighted by Crippen LogP contribution is 2.28. The van der Waals surface area contributed by atoms with E-state index in [1.165, 1.54) is 17.0 Å². The Morgan fingerprint density at radius 1 is 1.21 bits per heavy atom. The Morgan fingerprint density at radius 2 is 1.93 bits per heavy atom. The molecule has 152 valence electrons. The number of ether oxygens (including phenoxy) is 1. The monoisotopic (exact) mass is 439 g/mol. The van der Waals surface area contributed by atoms with Crippen molar-refractivity contribution < 1.29 is 22.7 Å². The average Bonchev–Trinajstić information content (AvgIpc) is 3.16. The molecule has 6 nitrogen and oxygen atoms in total. The molecule has 0 N–H and O–H groups in total. The number of hydrogen-bond donors (Lipinski definition) is 0. The minimum atomic E-state index is -2.87. The zero-order valence-corrected chi connectivity index (χ0v) is 16.8. The van der Waals surface area contributed by atoms with Crippen LogP contribution in [0.3, 0.4) is 0 Å². The highest BCUT2D eigenvalue weighted by Gasteiger charge is 2.15. The summed E-state index contributed by atoms with van der Waals surface area (Å²) in [5.41, 5.74) is 1.41. The quantitative estimate of drug-likeness (QED) is 0.472. The maximum absolute atomic E-state index is 12.3. The number of alkyl halides is 2. The first-order chi connectivity index (χ1) is 13.9. The minimum absolute atomic E-state index is 0.0685. The van der Waals surface area contributed by atoms with E-state index >= 15 is 0 Å². The van der Waals surface area contributed by atoms with Crippen LogP contribution in [-0.4, -0.2) is 40.4 Å². The number of halogens is 3. The molecule has 3 rings (SSSR count). The molecule has 0 saturated heterocycles. The molecule has 0 aliphatic carbocycles. The largest absolute Gasteiger partial charge is 0.435 e. The molecule has 0 bridgehead atoms. The third kappa shape index (κ3) is 5.91. The Bertz CT molecular complexity index is 969. The first-order valence-corrected chi connectivity index (χ1v) is 9.77. The van der Waals surface area contributed by atoms with Crippen molar-refractivity contribution in [2.45, 2.75) is 18.4 Å². The molecule has 2 aromatic carbocycles. The fraction of sp³-hybridized carbons (Fsp3) is 0.211. The van der Waals surface area contributed by atoms with Crippen LogP contribution in [0.4, 0.5) is 8.78 Å². The summed E-state index contributed by atoms with van der Waals surface area (Å²) in [6.07, 6.45) is 0. The van der Waals surface area contributed by atoms with E-state index in [1.54, 1.807) is 37.4 Å².